The Kier molecular flexibility index (Phi) is 3.57. The SMILES string of the molecule is Cc1cnn(C)c1-c1ccc(Cc2c(C)nc3nonc3c2N)nc1N. The van der Waals surface area contributed by atoms with Crippen LogP contribution in [0.5, 0.6) is 0 Å². The summed E-state index contributed by atoms with van der Waals surface area (Å²) in [6.45, 7) is 3.86. The highest BCUT2D eigenvalue weighted by Crippen LogP contribution is 2.29. The lowest BCUT2D eigenvalue weighted by Gasteiger charge is -2.11. The van der Waals surface area contributed by atoms with Crippen LogP contribution in [0.25, 0.3) is 22.4 Å². The lowest BCUT2D eigenvalue weighted by molar-refractivity contribution is 0.315. The van der Waals surface area contributed by atoms with Crippen LogP contribution in [0.15, 0.2) is 23.0 Å². The molecule has 0 aromatic carbocycles. The van der Waals surface area contributed by atoms with Crippen molar-refractivity contribution in [1.82, 2.24) is 30.1 Å². The molecule has 0 aliphatic rings. The van der Waals surface area contributed by atoms with Gasteiger partial charge in [-0.15, -0.1) is 0 Å². The van der Waals surface area contributed by atoms with E-state index in [9.17, 15) is 0 Å². The van der Waals surface area contributed by atoms with Crippen LogP contribution in [-0.2, 0) is 13.5 Å². The Hall–Kier alpha value is -3.49. The topological polar surface area (TPSA) is 135 Å². The summed E-state index contributed by atoms with van der Waals surface area (Å²) >= 11 is 0. The van der Waals surface area contributed by atoms with E-state index in [-0.39, 0.29) is 0 Å². The number of rotatable bonds is 3. The smallest absolute Gasteiger partial charge is 0.226 e. The number of nitrogens with zero attached hydrogens (tertiary/aromatic N) is 6. The fourth-order valence-electron chi connectivity index (χ4n) is 3.15. The van der Waals surface area contributed by atoms with Crippen molar-refractivity contribution >= 4 is 22.7 Å². The van der Waals surface area contributed by atoms with Gasteiger partial charge in [0.1, 0.15) is 5.82 Å². The molecule has 9 nitrogen and oxygen atoms in total. The van der Waals surface area contributed by atoms with Crippen molar-refractivity contribution in [3.05, 3.63) is 40.8 Å². The van der Waals surface area contributed by atoms with E-state index in [4.69, 9.17) is 16.1 Å². The highest BCUT2D eigenvalue weighted by atomic mass is 16.6. The second-order valence-corrected chi connectivity index (χ2v) is 6.24. The first-order valence-electron chi connectivity index (χ1n) is 8.07. The first kappa shape index (κ1) is 16.0. The van der Waals surface area contributed by atoms with Crippen molar-refractivity contribution in [3.8, 4) is 11.3 Å². The zero-order valence-electron chi connectivity index (χ0n) is 14.7. The molecule has 0 spiro atoms. The molecule has 0 aliphatic carbocycles. The van der Waals surface area contributed by atoms with Gasteiger partial charge in [-0.1, -0.05) is 0 Å². The second kappa shape index (κ2) is 5.80. The van der Waals surface area contributed by atoms with Crippen LogP contribution in [-0.4, -0.2) is 30.1 Å². The first-order chi connectivity index (χ1) is 12.5. The van der Waals surface area contributed by atoms with E-state index < -0.39 is 0 Å². The van der Waals surface area contributed by atoms with Crippen molar-refractivity contribution in [1.29, 1.82) is 0 Å². The van der Waals surface area contributed by atoms with Crippen LogP contribution in [0, 0.1) is 13.8 Å². The minimum absolute atomic E-state index is 0.401. The average Bonchev–Trinajstić information content (AvgIpc) is 3.19. The summed E-state index contributed by atoms with van der Waals surface area (Å²) in [5.74, 6) is 0.447. The van der Waals surface area contributed by atoms with Crippen LogP contribution in [0.3, 0.4) is 0 Å². The van der Waals surface area contributed by atoms with Crippen molar-refractivity contribution in [2.24, 2.45) is 7.05 Å². The molecule has 0 atom stereocenters. The predicted octanol–water partition coefficient (Wildman–Crippen LogP) is 1.79. The molecule has 0 unspecified atom stereocenters. The minimum Gasteiger partial charge on any atom is -0.396 e. The van der Waals surface area contributed by atoms with E-state index in [0.29, 0.717) is 29.1 Å². The van der Waals surface area contributed by atoms with Gasteiger partial charge in [0.05, 0.1) is 17.6 Å². The molecule has 4 aromatic rings. The van der Waals surface area contributed by atoms with E-state index in [1.807, 2.05) is 33.0 Å². The standard InChI is InChI=1S/C17H18N8O/c1-8-7-20-25(3)15(8)11-5-4-10(22-16(11)19)6-12-9(2)21-17-14(13(12)18)23-26-24-17/h4-5,7H,6,18H2,1-3H3,(H2,19,22). The Morgan fingerprint density at radius 3 is 2.62 bits per heavy atom. The molecule has 0 aliphatic heterocycles. The number of hydrogen-bond donors (Lipinski definition) is 2. The Labute approximate surface area is 149 Å². The fourth-order valence-corrected chi connectivity index (χ4v) is 3.15. The third-order valence-electron chi connectivity index (χ3n) is 4.48. The molecule has 26 heavy (non-hydrogen) atoms. The van der Waals surface area contributed by atoms with E-state index in [0.717, 1.165) is 33.8 Å². The van der Waals surface area contributed by atoms with E-state index in [1.54, 1.807) is 10.9 Å². The molecule has 4 aromatic heterocycles. The summed E-state index contributed by atoms with van der Waals surface area (Å²) in [5.41, 5.74) is 19.0. The number of aryl methyl sites for hydroxylation is 3. The normalized spacial score (nSPS) is 11.3. The number of aromatic nitrogens is 6. The van der Waals surface area contributed by atoms with Crippen LogP contribution in [0.4, 0.5) is 11.5 Å². The number of fused-ring (bicyclic) bond motifs is 1. The zero-order chi connectivity index (χ0) is 18.4. The molecule has 0 saturated heterocycles. The van der Waals surface area contributed by atoms with Crippen LogP contribution >= 0.6 is 0 Å². The van der Waals surface area contributed by atoms with Gasteiger partial charge in [-0.25, -0.2) is 14.6 Å². The maximum atomic E-state index is 6.22. The fraction of sp³-hybridized carbons (Fsp3) is 0.235. The van der Waals surface area contributed by atoms with Crippen LogP contribution in [0.2, 0.25) is 0 Å². The van der Waals surface area contributed by atoms with Crippen molar-refractivity contribution in [2.45, 2.75) is 20.3 Å². The Balaban J connectivity index is 1.73. The molecule has 132 valence electrons. The lowest BCUT2D eigenvalue weighted by atomic mass is 10.0. The zero-order valence-corrected chi connectivity index (χ0v) is 14.7. The molecule has 0 bridgehead atoms. The van der Waals surface area contributed by atoms with Crippen molar-refractivity contribution in [2.75, 3.05) is 11.5 Å². The van der Waals surface area contributed by atoms with E-state index in [1.165, 1.54) is 0 Å². The maximum Gasteiger partial charge on any atom is 0.226 e. The molecule has 9 heteroatoms. The molecule has 0 radical (unpaired) electrons. The second-order valence-electron chi connectivity index (χ2n) is 6.24. The van der Waals surface area contributed by atoms with Gasteiger partial charge in [0, 0.05) is 36.0 Å². The molecule has 0 amide bonds. The maximum absolute atomic E-state index is 6.22. The molecular weight excluding hydrogens is 332 g/mol. The summed E-state index contributed by atoms with van der Waals surface area (Å²) < 4.78 is 6.51. The Bertz CT molecular complexity index is 1110. The van der Waals surface area contributed by atoms with E-state index >= 15 is 0 Å². The minimum atomic E-state index is 0.401. The Morgan fingerprint density at radius 2 is 1.92 bits per heavy atom. The summed E-state index contributed by atoms with van der Waals surface area (Å²) in [5, 5.41) is 11.8. The number of pyridine rings is 2. The first-order valence-corrected chi connectivity index (χ1v) is 8.07. The summed E-state index contributed by atoms with van der Waals surface area (Å²) in [7, 11) is 1.88. The number of hydrogen-bond acceptors (Lipinski definition) is 8. The summed E-state index contributed by atoms with van der Waals surface area (Å²) in [6.07, 6.45) is 2.29. The third-order valence-corrected chi connectivity index (χ3v) is 4.48. The van der Waals surface area contributed by atoms with Gasteiger partial charge < -0.3 is 11.5 Å². The van der Waals surface area contributed by atoms with Crippen LogP contribution < -0.4 is 11.5 Å². The van der Waals surface area contributed by atoms with Gasteiger partial charge in [-0.2, -0.15) is 5.10 Å². The number of nitrogen functional groups attached to an aromatic ring is 2. The monoisotopic (exact) mass is 350 g/mol. The van der Waals surface area contributed by atoms with Gasteiger partial charge in [0.15, 0.2) is 5.52 Å². The van der Waals surface area contributed by atoms with Gasteiger partial charge in [-0.3, -0.25) is 4.68 Å². The van der Waals surface area contributed by atoms with Gasteiger partial charge in [-0.05, 0) is 41.9 Å². The van der Waals surface area contributed by atoms with E-state index in [2.05, 4.69) is 25.4 Å². The van der Waals surface area contributed by atoms with Crippen LogP contribution in [0.1, 0.15) is 22.5 Å². The molecule has 4 heterocycles. The molecule has 0 saturated carbocycles. The van der Waals surface area contributed by atoms with Gasteiger partial charge in [0.2, 0.25) is 5.65 Å². The molecule has 0 fully saturated rings. The number of nitrogens with two attached hydrogens (primary N) is 2. The van der Waals surface area contributed by atoms with Crippen molar-refractivity contribution < 1.29 is 4.63 Å². The number of anilines is 2. The highest BCUT2D eigenvalue weighted by Gasteiger charge is 2.17. The molecule has 4 N–H and O–H groups in total. The van der Waals surface area contributed by atoms with Gasteiger partial charge in [0.25, 0.3) is 0 Å². The lowest BCUT2D eigenvalue weighted by Crippen LogP contribution is -2.06. The third kappa shape index (κ3) is 2.44. The highest BCUT2D eigenvalue weighted by molar-refractivity contribution is 5.85. The van der Waals surface area contributed by atoms with Crippen molar-refractivity contribution in [3.63, 3.8) is 0 Å². The predicted molar refractivity (Wildman–Crippen MR) is 97.1 cm³/mol. The molecule has 4 rings (SSSR count). The average molecular weight is 350 g/mol. The largest absolute Gasteiger partial charge is 0.396 e. The summed E-state index contributed by atoms with van der Waals surface area (Å²) in [6, 6.07) is 3.89. The molecular formula is C17H18N8O. The van der Waals surface area contributed by atoms with Gasteiger partial charge >= 0.3 is 0 Å². The summed E-state index contributed by atoms with van der Waals surface area (Å²) in [4.78, 5) is 8.93. The quantitative estimate of drug-likeness (QED) is 0.571. The Morgan fingerprint density at radius 1 is 1.12 bits per heavy atom.